The summed E-state index contributed by atoms with van der Waals surface area (Å²) in [5, 5.41) is 0.484. The SMILES string of the molecule is CCC(C)OC(=S)c1ccccc1N. The normalized spacial score (nSPS) is 12.1. The zero-order valence-electron chi connectivity index (χ0n) is 8.49. The molecule has 0 aliphatic rings. The zero-order chi connectivity index (χ0) is 10.6. The average molecular weight is 209 g/mol. The summed E-state index contributed by atoms with van der Waals surface area (Å²) in [7, 11) is 0. The molecule has 0 aliphatic carbocycles. The molecule has 0 spiro atoms. The van der Waals surface area contributed by atoms with Gasteiger partial charge in [-0.3, -0.25) is 0 Å². The van der Waals surface area contributed by atoms with Crippen molar-refractivity contribution in [1.29, 1.82) is 0 Å². The highest BCUT2D eigenvalue weighted by atomic mass is 32.1. The number of nitrogens with two attached hydrogens (primary N) is 1. The fourth-order valence-corrected chi connectivity index (χ4v) is 1.36. The van der Waals surface area contributed by atoms with Gasteiger partial charge >= 0.3 is 0 Å². The van der Waals surface area contributed by atoms with E-state index in [4.69, 9.17) is 22.7 Å². The van der Waals surface area contributed by atoms with Crippen LogP contribution in [0.2, 0.25) is 0 Å². The molecule has 2 nitrogen and oxygen atoms in total. The number of rotatable bonds is 3. The first-order valence-corrected chi connectivity index (χ1v) is 5.11. The van der Waals surface area contributed by atoms with Crippen molar-refractivity contribution in [2.75, 3.05) is 5.73 Å². The lowest BCUT2D eigenvalue weighted by Gasteiger charge is -2.14. The second-order valence-corrected chi connectivity index (χ2v) is 3.58. The second kappa shape index (κ2) is 4.96. The molecule has 1 rings (SSSR count). The molecule has 0 saturated heterocycles. The number of nitrogen functional groups attached to an aromatic ring is 1. The van der Waals surface area contributed by atoms with E-state index in [1.807, 2.05) is 31.2 Å². The van der Waals surface area contributed by atoms with Gasteiger partial charge in [0.2, 0.25) is 0 Å². The van der Waals surface area contributed by atoms with Crippen molar-refractivity contribution in [1.82, 2.24) is 0 Å². The van der Waals surface area contributed by atoms with Crippen molar-refractivity contribution in [3.63, 3.8) is 0 Å². The predicted octanol–water partition coefficient (Wildman–Crippen LogP) is 2.76. The van der Waals surface area contributed by atoms with E-state index in [0.29, 0.717) is 10.7 Å². The number of hydrogen-bond donors (Lipinski definition) is 1. The molecule has 0 bridgehead atoms. The van der Waals surface area contributed by atoms with Gasteiger partial charge in [0.1, 0.15) is 0 Å². The first-order valence-electron chi connectivity index (χ1n) is 4.70. The van der Waals surface area contributed by atoms with Gasteiger partial charge in [0, 0.05) is 5.69 Å². The number of benzene rings is 1. The Balaban J connectivity index is 2.75. The van der Waals surface area contributed by atoms with Gasteiger partial charge in [-0.05, 0) is 37.7 Å². The molecule has 1 atom stereocenters. The van der Waals surface area contributed by atoms with Gasteiger partial charge in [-0.1, -0.05) is 19.1 Å². The molecule has 3 heteroatoms. The Morgan fingerprint density at radius 2 is 2.14 bits per heavy atom. The van der Waals surface area contributed by atoms with E-state index in [9.17, 15) is 0 Å². The fraction of sp³-hybridized carbons (Fsp3) is 0.364. The molecule has 0 radical (unpaired) electrons. The predicted molar refractivity (Wildman–Crippen MR) is 63.4 cm³/mol. The first-order chi connectivity index (χ1) is 6.65. The van der Waals surface area contributed by atoms with Gasteiger partial charge < -0.3 is 10.5 Å². The number of anilines is 1. The minimum Gasteiger partial charge on any atom is -0.480 e. The van der Waals surface area contributed by atoms with Gasteiger partial charge in [-0.15, -0.1) is 0 Å². The summed E-state index contributed by atoms with van der Waals surface area (Å²) in [6, 6.07) is 7.48. The summed E-state index contributed by atoms with van der Waals surface area (Å²) in [5.74, 6) is 0. The maximum atomic E-state index is 5.77. The second-order valence-electron chi connectivity index (χ2n) is 3.21. The summed E-state index contributed by atoms with van der Waals surface area (Å²) in [6.45, 7) is 4.05. The molecule has 76 valence electrons. The lowest BCUT2D eigenvalue weighted by molar-refractivity contribution is 0.211. The van der Waals surface area contributed by atoms with E-state index in [1.165, 1.54) is 0 Å². The average Bonchev–Trinajstić information content (AvgIpc) is 2.18. The first kappa shape index (κ1) is 11.0. The highest BCUT2D eigenvalue weighted by Gasteiger charge is 2.08. The molecular weight excluding hydrogens is 194 g/mol. The van der Waals surface area contributed by atoms with E-state index in [0.717, 1.165) is 12.0 Å². The monoisotopic (exact) mass is 209 g/mol. The van der Waals surface area contributed by atoms with E-state index < -0.39 is 0 Å². The van der Waals surface area contributed by atoms with Gasteiger partial charge in [0.25, 0.3) is 0 Å². The summed E-state index contributed by atoms with van der Waals surface area (Å²) >= 11 is 5.15. The summed E-state index contributed by atoms with van der Waals surface area (Å²) in [4.78, 5) is 0. The van der Waals surface area contributed by atoms with Crippen LogP contribution in [0.1, 0.15) is 25.8 Å². The maximum absolute atomic E-state index is 5.77. The van der Waals surface area contributed by atoms with E-state index in [1.54, 1.807) is 0 Å². The Labute approximate surface area is 90.1 Å². The molecule has 0 amide bonds. The van der Waals surface area contributed by atoms with Crippen molar-refractivity contribution in [2.45, 2.75) is 26.4 Å². The van der Waals surface area contributed by atoms with Crippen molar-refractivity contribution in [2.24, 2.45) is 0 Å². The highest BCUT2D eigenvalue weighted by Crippen LogP contribution is 2.14. The number of hydrogen-bond acceptors (Lipinski definition) is 3. The van der Waals surface area contributed by atoms with Crippen LogP contribution in [0.3, 0.4) is 0 Å². The third-order valence-electron chi connectivity index (χ3n) is 2.06. The minimum absolute atomic E-state index is 0.141. The largest absolute Gasteiger partial charge is 0.480 e. The van der Waals surface area contributed by atoms with Crippen LogP contribution in [0.4, 0.5) is 5.69 Å². The van der Waals surface area contributed by atoms with Crippen LogP contribution in [0.15, 0.2) is 24.3 Å². The molecule has 0 saturated carbocycles. The van der Waals surface area contributed by atoms with Gasteiger partial charge in [-0.25, -0.2) is 0 Å². The molecule has 0 aromatic heterocycles. The van der Waals surface area contributed by atoms with Crippen molar-refractivity contribution in [3.05, 3.63) is 29.8 Å². The zero-order valence-corrected chi connectivity index (χ0v) is 9.30. The van der Waals surface area contributed by atoms with Crippen molar-refractivity contribution >= 4 is 23.0 Å². The molecular formula is C11H15NOS. The Bertz CT molecular complexity index is 325. The van der Waals surface area contributed by atoms with Crippen molar-refractivity contribution < 1.29 is 4.74 Å². The van der Waals surface area contributed by atoms with Crippen LogP contribution in [-0.2, 0) is 4.74 Å². The molecule has 14 heavy (non-hydrogen) atoms. The summed E-state index contributed by atoms with van der Waals surface area (Å²) < 4.78 is 5.52. The lowest BCUT2D eigenvalue weighted by Crippen LogP contribution is -2.14. The summed E-state index contributed by atoms with van der Waals surface area (Å²) in [6.07, 6.45) is 1.08. The third kappa shape index (κ3) is 2.70. The standard InChI is InChI=1S/C11H15NOS/c1-3-8(2)13-11(14)9-6-4-5-7-10(9)12/h4-8H,3,12H2,1-2H3. The molecule has 0 fully saturated rings. The fourth-order valence-electron chi connectivity index (χ4n) is 1.01. The topological polar surface area (TPSA) is 35.2 Å². The Morgan fingerprint density at radius 1 is 1.50 bits per heavy atom. The Kier molecular flexibility index (Phi) is 3.89. The van der Waals surface area contributed by atoms with Gasteiger partial charge in [-0.2, -0.15) is 0 Å². The summed E-state index contributed by atoms with van der Waals surface area (Å²) in [5.41, 5.74) is 7.25. The van der Waals surface area contributed by atoms with E-state index in [2.05, 4.69) is 6.92 Å². The number of ether oxygens (including phenoxy) is 1. The Morgan fingerprint density at radius 3 is 2.71 bits per heavy atom. The highest BCUT2D eigenvalue weighted by molar-refractivity contribution is 7.80. The van der Waals surface area contributed by atoms with Crippen LogP contribution in [0.5, 0.6) is 0 Å². The van der Waals surface area contributed by atoms with E-state index in [-0.39, 0.29) is 6.10 Å². The molecule has 0 heterocycles. The molecule has 1 aromatic carbocycles. The van der Waals surface area contributed by atoms with Gasteiger partial charge in [0.05, 0.1) is 11.7 Å². The number of thiocarbonyl (C=S) groups is 1. The van der Waals surface area contributed by atoms with Crippen molar-refractivity contribution in [3.8, 4) is 0 Å². The van der Waals surface area contributed by atoms with E-state index >= 15 is 0 Å². The van der Waals surface area contributed by atoms with Crippen LogP contribution >= 0.6 is 12.2 Å². The lowest BCUT2D eigenvalue weighted by atomic mass is 10.2. The maximum Gasteiger partial charge on any atom is 0.193 e. The smallest absolute Gasteiger partial charge is 0.193 e. The quantitative estimate of drug-likeness (QED) is 0.614. The molecule has 1 unspecified atom stereocenters. The minimum atomic E-state index is 0.141. The van der Waals surface area contributed by atoms with Crippen LogP contribution < -0.4 is 5.73 Å². The number of para-hydroxylation sites is 1. The van der Waals surface area contributed by atoms with Crippen LogP contribution in [0.25, 0.3) is 0 Å². The molecule has 1 aromatic rings. The van der Waals surface area contributed by atoms with Crippen LogP contribution in [-0.4, -0.2) is 11.2 Å². The molecule has 0 aliphatic heterocycles. The Hall–Kier alpha value is -1.09. The molecule has 2 N–H and O–H groups in total. The third-order valence-corrected chi connectivity index (χ3v) is 2.38. The van der Waals surface area contributed by atoms with Gasteiger partial charge in [0.15, 0.2) is 5.05 Å². The van der Waals surface area contributed by atoms with Crippen LogP contribution in [0, 0.1) is 0 Å².